The fourth-order valence-electron chi connectivity index (χ4n) is 1.94. The number of hydrogen-bond acceptors (Lipinski definition) is 6. The molecular formula is C10H12N6O2S. The molecule has 0 radical (unpaired) electrons. The lowest BCUT2D eigenvalue weighted by Gasteiger charge is -2.07. The number of nitrogens with one attached hydrogen (secondary N) is 3. The summed E-state index contributed by atoms with van der Waals surface area (Å²) in [7, 11) is -3.57. The highest BCUT2D eigenvalue weighted by atomic mass is 32.2. The number of tetrazole rings is 1. The summed E-state index contributed by atoms with van der Waals surface area (Å²) >= 11 is 0. The zero-order chi connectivity index (χ0) is 13.3. The van der Waals surface area contributed by atoms with Crippen molar-refractivity contribution in [2.24, 2.45) is 0 Å². The average Bonchev–Trinajstić information content (AvgIpc) is 3.06. The van der Waals surface area contributed by atoms with Gasteiger partial charge in [-0.3, -0.25) is 0 Å². The number of H-pyrrole nitrogens is 1. The Morgan fingerprint density at radius 1 is 1.37 bits per heavy atom. The topological polar surface area (TPSA) is 113 Å². The van der Waals surface area contributed by atoms with E-state index in [0.29, 0.717) is 5.82 Å². The van der Waals surface area contributed by atoms with Crippen LogP contribution in [0.15, 0.2) is 23.1 Å². The Morgan fingerprint density at radius 3 is 3.05 bits per heavy atom. The van der Waals surface area contributed by atoms with Gasteiger partial charge in [0.25, 0.3) is 0 Å². The Balaban J connectivity index is 1.80. The first-order chi connectivity index (χ1) is 9.15. The van der Waals surface area contributed by atoms with E-state index in [1.807, 2.05) is 6.07 Å². The van der Waals surface area contributed by atoms with Crippen molar-refractivity contribution in [2.45, 2.75) is 17.9 Å². The molecule has 0 atom stereocenters. The smallest absolute Gasteiger partial charge is 0.241 e. The van der Waals surface area contributed by atoms with E-state index < -0.39 is 10.0 Å². The molecule has 1 aliphatic heterocycles. The number of aromatic amines is 1. The van der Waals surface area contributed by atoms with E-state index in [4.69, 9.17) is 0 Å². The van der Waals surface area contributed by atoms with Crippen LogP contribution in [0.4, 0.5) is 5.69 Å². The number of benzene rings is 1. The summed E-state index contributed by atoms with van der Waals surface area (Å²) < 4.78 is 26.6. The van der Waals surface area contributed by atoms with Crippen LogP contribution in [-0.2, 0) is 23.0 Å². The molecule has 1 aromatic carbocycles. The van der Waals surface area contributed by atoms with Crippen LogP contribution in [-0.4, -0.2) is 35.6 Å². The van der Waals surface area contributed by atoms with Gasteiger partial charge in [0.05, 0.1) is 11.4 Å². The minimum Gasteiger partial charge on any atom is -0.384 e. The van der Waals surface area contributed by atoms with Crippen LogP contribution >= 0.6 is 0 Å². The van der Waals surface area contributed by atoms with Crippen LogP contribution in [0.5, 0.6) is 0 Å². The maximum absolute atomic E-state index is 12.1. The predicted octanol–water partition coefficient (Wildman–Crippen LogP) is -0.354. The molecule has 3 N–H and O–H groups in total. The van der Waals surface area contributed by atoms with Crippen molar-refractivity contribution in [3.05, 3.63) is 29.6 Å². The van der Waals surface area contributed by atoms with Gasteiger partial charge in [-0.25, -0.2) is 13.1 Å². The minimum atomic E-state index is -3.57. The third kappa shape index (κ3) is 2.42. The molecule has 1 aliphatic rings. The molecular weight excluding hydrogens is 268 g/mol. The molecule has 9 heteroatoms. The van der Waals surface area contributed by atoms with E-state index in [2.05, 4.69) is 30.7 Å². The second-order valence-electron chi connectivity index (χ2n) is 4.15. The van der Waals surface area contributed by atoms with E-state index in [0.717, 1.165) is 24.2 Å². The van der Waals surface area contributed by atoms with Crippen molar-refractivity contribution in [1.29, 1.82) is 0 Å². The van der Waals surface area contributed by atoms with Crippen molar-refractivity contribution in [2.75, 3.05) is 11.9 Å². The summed E-state index contributed by atoms with van der Waals surface area (Å²) in [5.41, 5.74) is 2.01. The van der Waals surface area contributed by atoms with Crippen molar-refractivity contribution in [1.82, 2.24) is 25.3 Å². The van der Waals surface area contributed by atoms with Crippen LogP contribution in [0.2, 0.25) is 0 Å². The normalized spacial score (nSPS) is 14.1. The Morgan fingerprint density at radius 2 is 2.26 bits per heavy atom. The second kappa shape index (κ2) is 4.59. The Hall–Kier alpha value is -2.00. The van der Waals surface area contributed by atoms with E-state index >= 15 is 0 Å². The number of anilines is 1. The fraction of sp³-hybridized carbons (Fsp3) is 0.300. The van der Waals surface area contributed by atoms with Crippen molar-refractivity contribution in [3.63, 3.8) is 0 Å². The summed E-state index contributed by atoms with van der Waals surface area (Å²) in [4.78, 5) is 0.226. The van der Waals surface area contributed by atoms with Crippen LogP contribution in [0.25, 0.3) is 0 Å². The van der Waals surface area contributed by atoms with Crippen LogP contribution in [0.1, 0.15) is 11.4 Å². The fourth-order valence-corrected chi connectivity index (χ4v) is 2.94. The lowest BCUT2D eigenvalue weighted by molar-refractivity contribution is 0.579. The highest BCUT2D eigenvalue weighted by Gasteiger charge is 2.18. The van der Waals surface area contributed by atoms with E-state index in [1.54, 1.807) is 12.1 Å². The second-order valence-corrected chi connectivity index (χ2v) is 5.92. The molecule has 0 unspecified atom stereocenters. The van der Waals surface area contributed by atoms with Crippen LogP contribution < -0.4 is 10.0 Å². The molecule has 2 aromatic rings. The predicted molar refractivity (Wildman–Crippen MR) is 66.8 cm³/mol. The lowest BCUT2D eigenvalue weighted by atomic mass is 10.2. The Bertz CT molecular complexity index is 682. The number of aromatic nitrogens is 4. The van der Waals surface area contributed by atoms with Crippen LogP contribution in [0, 0.1) is 0 Å². The number of sulfonamides is 1. The minimum absolute atomic E-state index is 0.00332. The molecule has 3 rings (SSSR count). The first-order valence-electron chi connectivity index (χ1n) is 5.74. The highest BCUT2D eigenvalue weighted by molar-refractivity contribution is 7.89. The average molecular weight is 280 g/mol. The van der Waals surface area contributed by atoms with Crippen LogP contribution in [0.3, 0.4) is 0 Å². The molecule has 0 fully saturated rings. The molecule has 1 aromatic heterocycles. The summed E-state index contributed by atoms with van der Waals surface area (Å²) in [6, 6.07) is 5.07. The van der Waals surface area contributed by atoms with Gasteiger partial charge in [0.2, 0.25) is 10.0 Å². The zero-order valence-electron chi connectivity index (χ0n) is 9.92. The SMILES string of the molecule is O=S(=O)(NCc1nn[nH]n1)c1ccc2c(c1)NCC2. The monoisotopic (exact) mass is 280 g/mol. The molecule has 100 valence electrons. The molecule has 0 saturated heterocycles. The summed E-state index contributed by atoms with van der Waals surface area (Å²) in [6.45, 7) is 0.846. The summed E-state index contributed by atoms with van der Waals surface area (Å²) in [6.07, 6.45) is 0.923. The zero-order valence-corrected chi connectivity index (χ0v) is 10.7. The lowest BCUT2D eigenvalue weighted by Crippen LogP contribution is -2.24. The quantitative estimate of drug-likeness (QED) is 0.705. The van der Waals surface area contributed by atoms with Gasteiger partial charge < -0.3 is 5.32 Å². The van der Waals surface area contributed by atoms with Crippen molar-refractivity contribution >= 4 is 15.7 Å². The Labute approximate surface area is 109 Å². The van der Waals surface area contributed by atoms with Gasteiger partial charge in [0.1, 0.15) is 0 Å². The third-order valence-electron chi connectivity index (χ3n) is 2.91. The molecule has 2 heterocycles. The molecule has 19 heavy (non-hydrogen) atoms. The van der Waals surface area contributed by atoms with Gasteiger partial charge in [-0.05, 0) is 24.1 Å². The molecule has 8 nitrogen and oxygen atoms in total. The van der Waals surface area contributed by atoms with Gasteiger partial charge >= 0.3 is 0 Å². The van der Waals surface area contributed by atoms with Gasteiger partial charge in [0.15, 0.2) is 5.82 Å². The molecule has 0 saturated carbocycles. The van der Waals surface area contributed by atoms with Crippen molar-refractivity contribution in [3.8, 4) is 0 Å². The van der Waals surface area contributed by atoms with Crippen molar-refractivity contribution < 1.29 is 8.42 Å². The molecule has 0 bridgehead atoms. The van der Waals surface area contributed by atoms with Gasteiger partial charge in [-0.1, -0.05) is 11.3 Å². The third-order valence-corrected chi connectivity index (χ3v) is 4.31. The maximum Gasteiger partial charge on any atom is 0.241 e. The molecule has 0 spiro atoms. The van der Waals surface area contributed by atoms with E-state index in [1.165, 1.54) is 0 Å². The van der Waals surface area contributed by atoms with Gasteiger partial charge in [-0.15, -0.1) is 10.2 Å². The number of rotatable bonds is 4. The first kappa shape index (κ1) is 12.1. The number of hydrogen-bond donors (Lipinski definition) is 3. The van der Waals surface area contributed by atoms with E-state index in [-0.39, 0.29) is 11.4 Å². The highest BCUT2D eigenvalue weighted by Crippen LogP contribution is 2.25. The van der Waals surface area contributed by atoms with Gasteiger partial charge in [0, 0.05) is 12.2 Å². The maximum atomic E-state index is 12.1. The summed E-state index contributed by atoms with van der Waals surface area (Å²) in [5.74, 6) is 0.294. The standard InChI is InChI=1S/C10H12N6O2S/c17-19(18,12-6-10-13-15-16-14-10)8-2-1-7-3-4-11-9(7)5-8/h1-2,5,11-12H,3-4,6H2,(H,13,14,15,16). The Kier molecular flexibility index (Phi) is 2.91. The molecule has 0 amide bonds. The largest absolute Gasteiger partial charge is 0.384 e. The first-order valence-corrected chi connectivity index (χ1v) is 7.22. The molecule has 0 aliphatic carbocycles. The number of fused-ring (bicyclic) bond motifs is 1. The summed E-state index contributed by atoms with van der Waals surface area (Å²) in [5, 5.41) is 16.1. The van der Waals surface area contributed by atoms with E-state index in [9.17, 15) is 8.42 Å². The number of nitrogens with zero attached hydrogens (tertiary/aromatic N) is 3. The van der Waals surface area contributed by atoms with Gasteiger partial charge in [-0.2, -0.15) is 5.21 Å².